The van der Waals surface area contributed by atoms with Crippen molar-refractivity contribution in [2.24, 2.45) is 0 Å². The number of piperidine rings is 1. The number of hydrogen-bond donors (Lipinski definition) is 1. The molecule has 6 heteroatoms. The molecule has 2 rings (SSSR count). The van der Waals surface area contributed by atoms with Crippen LogP contribution in [0.1, 0.15) is 26.7 Å². The van der Waals surface area contributed by atoms with Crippen LogP contribution >= 0.6 is 15.9 Å². The zero-order valence-electron chi connectivity index (χ0n) is 11.8. The molecule has 1 aliphatic rings. The van der Waals surface area contributed by atoms with Gasteiger partial charge in [0.1, 0.15) is 0 Å². The van der Waals surface area contributed by atoms with Gasteiger partial charge in [-0.1, -0.05) is 15.9 Å². The van der Waals surface area contributed by atoms with E-state index in [1.54, 1.807) is 24.3 Å². The highest BCUT2D eigenvalue weighted by molar-refractivity contribution is 9.10. The first-order valence-electron chi connectivity index (χ1n) is 6.90. The monoisotopic (exact) mass is 360 g/mol. The van der Waals surface area contributed by atoms with Gasteiger partial charge in [0.2, 0.25) is 10.0 Å². The molecule has 0 radical (unpaired) electrons. The fraction of sp³-hybridized carbons (Fsp3) is 0.571. The van der Waals surface area contributed by atoms with Crippen LogP contribution in [-0.2, 0) is 10.0 Å². The molecule has 0 spiro atoms. The molecular formula is C14H21BrN2O2S. The minimum Gasteiger partial charge on any atom is -0.301 e. The third kappa shape index (κ3) is 4.04. The summed E-state index contributed by atoms with van der Waals surface area (Å²) in [7, 11) is -3.40. The lowest BCUT2D eigenvalue weighted by atomic mass is 10.1. The Morgan fingerprint density at radius 1 is 1.20 bits per heavy atom. The molecular weight excluding hydrogens is 340 g/mol. The van der Waals surface area contributed by atoms with E-state index >= 15 is 0 Å². The molecule has 1 aromatic rings. The molecule has 1 N–H and O–H groups in total. The minimum atomic E-state index is -3.40. The van der Waals surface area contributed by atoms with E-state index in [1.807, 2.05) is 0 Å². The van der Waals surface area contributed by atoms with Crippen LogP contribution in [0.25, 0.3) is 0 Å². The topological polar surface area (TPSA) is 49.4 Å². The molecule has 1 aliphatic heterocycles. The van der Waals surface area contributed by atoms with Gasteiger partial charge in [-0.15, -0.1) is 0 Å². The second kappa shape index (κ2) is 6.56. The number of nitrogens with one attached hydrogen (secondary N) is 1. The van der Waals surface area contributed by atoms with Gasteiger partial charge in [-0.2, -0.15) is 0 Å². The van der Waals surface area contributed by atoms with E-state index in [-0.39, 0.29) is 6.04 Å². The SMILES string of the molecule is CC(C)N1CCC(NS(=O)(=O)c2ccc(Br)cc2)CC1. The molecule has 0 saturated carbocycles. The van der Waals surface area contributed by atoms with E-state index in [0.29, 0.717) is 10.9 Å². The lowest BCUT2D eigenvalue weighted by Crippen LogP contribution is -2.46. The average Bonchev–Trinajstić information content (AvgIpc) is 2.39. The van der Waals surface area contributed by atoms with Crippen molar-refractivity contribution < 1.29 is 8.42 Å². The van der Waals surface area contributed by atoms with Gasteiger partial charge < -0.3 is 4.90 Å². The Balaban J connectivity index is 1.98. The third-order valence-electron chi connectivity index (χ3n) is 3.71. The molecule has 0 aliphatic carbocycles. The van der Waals surface area contributed by atoms with E-state index < -0.39 is 10.0 Å². The van der Waals surface area contributed by atoms with Gasteiger partial charge in [0.15, 0.2) is 0 Å². The predicted octanol–water partition coefficient (Wildman–Crippen LogP) is 2.60. The van der Waals surface area contributed by atoms with Crippen molar-refractivity contribution in [3.8, 4) is 0 Å². The molecule has 0 unspecified atom stereocenters. The number of sulfonamides is 1. The van der Waals surface area contributed by atoms with Crippen molar-refractivity contribution >= 4 is 26.0 Å². The van der Waals surface area contributed by atoms with Crippen LogP contribution in [0.3, 0.4) is 0 Å². The summed E-state index contributed by atoms with van der Waals surface area (Å²) >= 11 is 3.31. The van der Waals surface area contributed by atoms with Crippen LogP contribution in [0.15, 0.2) is 33.6 Å². The second-order valence-electron chi connectivity index (χ2n) is 5.48. The lowest BCUT2D eigenvalue weighted by molar-refractivity contribution is 0.168. The zero-order chi connectivity index (χ0) is 14.8. The Bertz CT molecular complexity index is 535. The first-order chi connectivity index (χ1) is 9.38. The molecule has 1 fully saturated rings. The Morgan fingerprint density at radius 2 is 1.75 bits per heavy atom. The summed E-state index contributed by atoms with van der Waals surface area (Å²) in [5.41, 5.74) is 0. The number of benzene rings is 1. The van der Waals surface area contributed by atoms with Crippen LogP contribution in [-0.4, -0.2) is 38.5 Å². The number of likely N-dealkylation sites (tertiary alicyclic amines) is 1. The largest absolute Gasteiger partial charge is 0.301 e. The predicted molar refractivity (Wildman–Crippen MR) is 84.2 cm³/mol. The van der Waals surface area contributed by atoms with E-state index in [2.05, 4.69) is 39.4 Å². The molecule has 4 nitrogen and oxygen atoms in total. The summed E-state index contributed by atoms with van der Waals surface area (Å²) in [4.78, 5) is 2.71. The van der Waals surface area contributed by atoms with Crippen molar-refractivity contribution in [2.45, 2.75) is 43.7 Å². The first kappa shape index (κ1) is 15.9. The maximum Gasteiger partial charge on any atom is 0.240 e. The second-order valence-corrected chi connectivity index (χ2v) is 8.11. The maximum atomic E-state index is 12.3. The highest BCUT2D eigenvalue weighted by Crippen LogP contribution is 2.18. The smallest absolute Gasteiger partial charge is 0.240 e. The van der Waals surface area contributed by atoms with Gasteiger partial charge in [-0.05, 0) is 64.0 Å². The molecule has 1 aromatic carbocycles. The summed E-state index contributed by atoms with van der Waals surface area (Å²) in [5, 5.41) is 0. The lowest BCUT2D eigenvalue weighted by Gasteiger charge is -2.34. The molecule has 112 valence electrons. The Kier molecular flexibility index (Phi) is 5.23. The molecule has 0 amide bonds. The number of hydrogen-bond acceptors (Lipinski definition) is 3. The fourth-order valence-electron chi connectivity index (χ4n) is 2.43. The highest BCUT2D eigenvalue weighted by Gasteiger charge is 2.25. The first-order valence-corrected chi connectivity index (χ1v) is 9.18. The van der Waals surface area contributed by atoms with Crippen LogP contribution in [0, 0.1) is 0 Å². The highest BCUT2D eigenvalue weighted by atomic mass is 79.9. The summed E-state index contributed by atoms with van der Waals surface area (Å²) in [6, 6.07) is 7.30. The Hall–Kier alpha value is -0.430. The van der Waals surface area contributed by atoms with E-state index in [1.165, 1.54) is 0 Å². The summed E-state index contributed by atoms with van der Waals surface area (Å²) in [6.45, 7) is 6.25. The fourth-order valence-corrected chi connectivity index (χ4v) is 4.00. The molecule has 1 saturated heterocycles. The number of nitrogens with zero attached hydrogens (tertiary/aromatic N) is 1. The van der Waals surface area contributed by atoms with E-state index in [4.69, 9.17) is 0 Å². The van der Waals surface area contributed by atoms with Crippen molar-refractivity contribution in [3.05, 3.63) is 28.7 Å². The third-order valence-corrected chi connectivity index (χ3v) is 5.77. The molecule has 0 aromatic heterocycles. The van der Waals surface area contributed by atoms with Gasteiger partial charge in [0, 0.05) is 16.6 Å². The van der Waals surface area contributed by atoms with Crippen LogP contribution in [0.2, 0.25) is 0 Å². The quantitative estimate of drug-likeness (QED) is 0.897. The Morgan fingerprint density at radius 3 is 2.25 bits per heavy atom. The summed E-state index contributed by atoms with van der Waals surface area (Å²) in [5.74, 6) is 0. The van der Waals surface area contributed by atoms with Crippen molar-refractivity contribution in [1.29, 1.82) is 0 Å². The number of rotatable bonds is 4. The van der Waals surface area contributed by atoms with Gasteiger partial charge in [-0.25, -0.2) is 13.1 Å². The van der Waals surface area contributed by atoms with Gasteiger partial charge in [0.25, 0.3) is 0 Å². The zero-order valence-corrected chi connectivity index (χ0v) is 14.2. The normalized spacial score (nSPS) is 18.6. The molecule has 0 atom stereocenters. The van der Waals surface area contributed by atoms with E-state index in [0.717, 1.165) is 30.4 Å². The van der Waals surface area contributed by atoms with E-state index in [9.17, 15) is 8.42 Å². The standard InChI is InChI=1S/C14H21BrN2O2S/c1-11(2)17-9-7-13(8-10-17)16-20(18,19)14-5-3-12(15)4-6-14/h3-6,11,13,16H,7-10H2,1-2H3. The summed E-state index contributed by atoms with van der Waals surface area (Å²) < 4.78 is 28.3. The molecule has 0 bridgehead atoms. The summed E-state index contributed by atoms with van der Waals surface area (Å²) in [6.07, 6.45) is 1.74. The minimum absolute atomic E-state index is 0.0404. The van der Waals surface area contributed by atoms with Gasteiger partial charge in [-0.3, -0.25) is 0 Å². The van der Waals surface area contributed by atoms with Crippen LogP contribution < -0.4 is 4.72 Å². The van der Waals surface area contributed by atoms with Crippen LogP contribution in [0.4, 0.5) is 0 Å². The van der Waals surface area contributed by atoms with Gasteiger partial charge in [0.05, 0.1) is 4.90 Å². The maximum absolute atomic E-state index is 12.3. The van der Waals surface area contributed by atoms with Crippen molar-refractivity contribution in [2.75, 3.05) is 13.1 Å². The van der Waals surface area contributed by atoms with Crippen LogP contribution in [0.5, 0.6) is 0 Å². The molecule has 1 heterocycles. The van der Waals surface area contributed by atoms with Crippen molar-refractivity contribution in [3.63, 3.8) is 0 Å². The van der Waals surface area contributed by atoms with Crippen molar-refractivity contribution in [1.82, 2.24) is 9.62 Å². The molecule has 20 heavy (non-hydrogen) atoms. The number of halogens is 1. The Labute approximate surface area is 129 Å². The average molecular weight is 361 g/mol. The van der Waals surface area contributed by atoms with Gasteiger partial charge >= 0.3 is 0 Å².